The first-order valence-electron chi connectivity index (χ1n) is 6.64. The number of nitrogens with zero attached hydrogens (tertiary/aromatic N) is 1. The molecule has 4 heteroatoms. The quantitative estimate of drug-likeness (QED) is 0.894. The maximum absolute atomic E-state index is 12.3. The van der Waals surface area contributed by atoms with E-state index in [2.05, 4.69) is 0 Å². The van der Waals surface area contributed by atoms with E-state index < -0.39 is 11.9 Å². The van der Waals surface area contributed by atoms with Gasteiger partial charge in [0.2, 0.25) is 11.8 Å². The molecular weight excluding hydrogens is 240 g/mol. The van der Waals surface area contributed by atoms with Crippen LogP contribution in [0.5, 0.6) is 0 Å². The molecule has 1 aliphatic rings. The minimum absolute atomic E-state index is 0.00769. The van der Waals surface area contributed by atoms with Crippen LogP contribution < -0.4 is 5.73 Å². The maximum Gasteiger partial charge on any atom is 0.240 e. The molecule has 0 aromatic heterocycles. The van der Waals surface area contributed by atoms with Gasteiger partial charge >= 0.3 is 0 Å². The van der Waals surface area contributed by atoms with Gasteiger partial charge < -0.3 is 10.6 Å². The maximum atomic E-state index is 12.3. The largest absolute Gasteiger partial charge is 0.368 e. The van der Waals surface area contributed by atoms with Gasteiger partial charge in [0.05, 0.1) is 0 Å². The van der Waals surface area contributed by atoms with E-state index in [1.807, 2.05) is 38.1 Å². The average molecular weight is 260 g/mol. The van der Waals surface area contributed by atoms with E-state index in [0.717, 1.165) is 11.1 Å². The van der Waals surface area contributed by atoms with Crippen molar-refractivity contribution in [2.45, 2.75) is 39.3 Å². The third kappa shape index (κ3) is 2.95. The van der Waals surface area contributed by atoms with Crippen molar-refractivity contribution in [3.63, 3.8) is 0 Å². The van der Waals surface area contributed by atoms with Crippen LogP contribution in [0.2, 0.25) is 0 Å². The number of fused-ring (bicyclic) bond motifs is 1. The molecule has 0 saturated heterocycles. The van der Waals surface area contributed by atoms with Crippen LogP contribution in [-0.2, 0) is 22.6 Å². The van der Waals surface area contributed by atoms with Crippen LogP contribution in [0, 0.1) is 5.92 Å². The van der Waals surface area contributed by atoms with Crippen LogP contribution in [0.4, 0.5) is 0 Å². The molecule has 0 saturated carbocycles. The predicted molar refractivity (Wildman–Crippen MR) is 73.1 cm³/mol. The molecule has 1 atom stereocenters. The number of amides is 2. The van der Waals surface area contributed by atoms with Gasteiger partial charge in [0.1, 0.15) is 6.04 Å². The molecule has 4 nitrogen and oxygen atoms in total. The van der Waals surface area contributed by atoms with Crippen LogP contribution in [0.1, 0.15) is 31.4 Å². The number of carbonyl (C=O) groups excluding carboxylic acids is 2. The molecule has 2 rings (SSSR count). The van der Waals surface area contributed by atoms with Gasteiger partial charge in [-0.3, -0.25) is 9.59 Å². The third-order valence-corrected chi connectivity index (χ3v) is 3.48. The summed E-state index contributed by atoms with van der Waals surface area (Å²) in [6.45, 7) is 4.47. The Bertz CT molecular complexity index is 497. The van der Waals surface area contributed by atoms with E-state index in [1.54, 1.807) is 4.90 Å². The van der Waals surface area contributed by atoms with Crippen LogP contribution in [0.15, 0.2) is 24.3 Å². The Labute approximate surface area is 113 Å². The fourth-order valence-corrected chi connectivity index (χ4v) is 2.51. The number of hydrogen-bond donors (Lipinski definition) is 1. The number of benzene rings is 1. The van der Waals surface area contributed by atoms with Crippen molar-refractivity contribution in [2.24, 2.45) is 11.7 Å². The van der Waals surface area contributed by atoms with Gasteiger partial charge in [0.15, 0.2) is 0 Å². The number of carbonyl (C=O) groups is 2. The zero-order valence-electron chi connectivity index (χ0n) is 11.4. The van der Waals surface area contributed by atoms with Gasteiger partial charge in [-0.25, -0.2) is 0 Å². The highest BCUT2D eigenvalue weighted by Gasteiger charge is 2.33. The lowest BCUT2D eigenvalue weighted by atomic mass is 9.93. The van der Waals surface area contributed by atoms with Crippen molar-refractivity contribution in [3.05, 3.63) is 35.4 Å². The Morgan fingerprint density at radius 2 is 1.95 bits per heavy atom. The first-order valence-corrected chi connectivity index (χ1v) is 6.64. The summed E-state index contributed by atoms with van der Waals surface area (Å²) in [5, 5.41) is 0. The molecule has 2 amide bonds. The zero-order chi connectivity index (χ0) is 14.0. The van der Waals surface area contributed by atoms with E-state index in [9.17, 15) is 9.59 Å². The normalized spacial score (nSPS) is 18.3. The summed E-state index contributed by atoms with van der Waals surface area (Å²) in [4.78, 5) is 25.5. The van der Waals surface area contributed by atoms with Crippen LogP contribution in [0.3, 0.4) is 0 Å². The summed E-state index contributed by atoms with van der Waals surface area (Å²) in [6.07, 6.45) is 0.974. The number of rotatable bonds is 3. The fraction of sp³-hybridized carbons (Fsp3) is 0.467. The second kappa shape index (κ2) is 5.43. The van der Waals surface area contributed by atoms with Gasteiger partial charge in [-0.1, -0.05) is 38.1 Å². The zero-order valence-corrected chi connectivity index (χ0v) is 11.4. The standard InChI is InChI=1S/C15H20N2O2/c1-10(2)7-14(18)17-9-12-6-4-3-5-11(12)8-13(17)15(16)19/h3-6,10,13H,7-9H2,1-2H3,(H2,16,19)/t13-/m0/s1. The molecular formula is C15H20N2O2. The Balaban J connectivity index is 2.26. The average Bonchev–Trinajstić information content (AvgIpc) is 2.36. The van der Waals surface area contributed by atoms with Gasteiger partial charge in [-0.15, -0.1) is 0 Å². The summed E-state index contributed by atoms with van der Waals surface area (Å²) in [6, 6.07) is 7.38. The Kier molecular flexibility index (Phi) is 3.88. The first kappa shape index (κ1) is 13.6. The van der Waals surface area contributed by atoms with E-state index in [4.69, 9.17) is 5.73 Å². The fourth-order valence-electron chi connectivity index (χ4n) is 2.51. The monoisotopic (exact) mass is 260 g/mol. The van der Waals surface area contributed by atoms with Crippen LogP contribution in [0.25, 0.3) is 0 Å². The highest BCUT2D eigenvalue weighted by atomic mass is 16.2. The smallest absolute Gasteiger partial charge is 0.240 e. The second-order valence-corrected chi connectivity index (χ2v) is 5.51. The van der Waals surface area contributed by atoms with Crippen molar-refractivity contribution in [1.29, 1.82) is 0 Å². The molecule has 0 fully saturated rings. The molecule has 19 heavy (non-hydrogen) atoms. The van der Waals surface area contributed by atoms with E-state index in [0.29, 0.717) is 19.4 Å². The lowest BCUT2D eigenvalue weighted by Gasteiger charge is -2.35. The summed E-state index contributed by atoms with van der Waals surface area (Å²) >= 11 is 0. The van der Waals surface area contributed by atoms with E-state index >= 15 is 0 Å². The molecule has 1 aliphatic heterocycles. The second-order valence-electron chi connectivity index (χ2n) is 5.51. The van der Waals surface area contributed by atoms with Gasteiger partial charge in [0, 0.05) is 19.4 Å². The molecule has 2 N–H and O–H groups in total. The highest BCUT2D eigenvalue weighted by Crippen LogP contribution is 2.24. The van der Waals surface area contributed by atoms with Crippen molar-refractivity contribution >= 4 is 11.8 Å². The van der Waals surface area contributed by atoms with E-state index in [-0.39, 0.29) is 11.8 Å². The lowest BCUT2D eigenvalue weighted by molar-refractivity contribution is -0.141. The summed E-state index contributed by atoms with van der Waals surface area (Å²) < 4.78 is 0. The van der Waals surface area contributed by atoms with Gasteiger partial charge in [-0.2, -0.15) is 0 Å². The summed E-state index contributed by atoms with van der Waals surface area (Å²) in [7, 11) is 0. The number of hydrogen-bond acceptors (Lipinski definition) is 2. The molecule has 0 radical (unpaired) electrons. The minimum atomic E-state index is -0.513. The number of nitrogens with two attached hydrogens (primary N) is 1. The topological polar surface area (TPSA) is 63.4 Å². The highest BCUT2D eigenvalue weighted by molar-refractivity contribution is 5.87. The van der Waals surface area contributed by atoms with Crippen molar-refractivity contribution in [1.82, 2.24) is 4.90 Å². The molecule has 0 aliphatic carbocycles. The van der Waals surface area contributed by atoms with Crippen LogP contribution >= 0.6 is 0 Å². The Morgan fingerprint density at radius 3 is 2.53 bits per heavy atom. The molecule has 0 bridgehead atoms. The van der Waals surface area contributed by atoms with Gasteiger partial charge in [-0.05, 0) is 17.0 Å². The first-order chi connectivity index (χ1) is 8.99. The SMILES string of the molecule is CC(C)CC(=O)N1Cc2ccccc2C[C@H]1C(N)=O. The van der Waals surface area contributed by atoms with Crippen LogP contribution in [-0.4, -0.2) is 22.8 Å². The lowest BCUT2D eigenvalue weighted by Crippen LogP contribution is -2.51. The summed E-state index contributed by atoms with van der Waals surface area (Å²) in [5.41, 5.74) is 7.67. The molecule has 0 unspecified atom stereocenters. The molecule has 1 aromatic carbocycles. The molecule has 102 valence electrons. The number of primary amides is 1. The van der Waals surface area contributed by atoms with E-state index in [1.165, 1.54) is 0 Å². The molecule has 1 aromatic rings. The van der Waals surface area contributed by atoms with Crippen molar-refractivity contribution in [2.75, 3.05) is 0 Å². The predicted octanol–water partition coefficient (Wildman–Crippen LogP) is 1.47. The Hall–Kier alpha value is -1.84. The molecule has 1 heterocycles. The van der Waals surface area contributed by atoms with Crippen molar-refractivity contribution < 1.29 is 9.59 Å². The minimum Gasteiger partial charge on any atom is -0.368 e. The third-order valence-electron chi connectivity index (χ3n) is 3.48. The Morgan fingerprint density at radius 1 is 1.32 bits per heavy atom. The van der Waals surface area contributed by atoms with Gasteiger partial charge in [0.25, 0.3) is 0 Å². The molecule has 0 spiro atoms. The van der Waals surface area contributed by atoms with Crippen molar-refractivity contribution in [3.8, 4) is 0 Å². The summed E-state index contributed by atoms with van der Waals surface area (Å²) in [5.74, 6) is -0.141.